The molecule has 2 aromatic heterocycles. The van der Waals surface area contributed by atoms with Gasteiger partial charge in [-0.15, -0.1) is 0 Å². The van der Waals surface area contributed by atoms with E-state index in [9.17, 15) is 18.0 Å². The minimum absolute atomic E-state index is 0.107. The molecule has 1 aliphatic heterocycles. The molecule has 1 amide bonds. The number of carbonyl (C=O) groups is 1. The molecule has 3 heterocycles. The number of H-pyrrole nitrogens is 2. The van der Waals surface area contributed by atoms with Crippen molar-refractivity contribution in [2.45, 2.75) is 4.90 Å². The number of piperazine rings is 1. The number of nitrogens with zero attached hydrogens (tertiary/aromatic N) is 3. The van der Waals surface area contributed by atoms with Gasteiger partial charge in [0.25, 0.3) is 0 Å². The summed E-state index contributed by atoms with van der Waals surface area (Å²) in [6.07, 6.45) is 1.35. The lowest BCUT2D eigenvalue weighted by Crippen LogP contribution is -2.49. The normalized spacial score (nSPS) is 15.7. The Morgan fingerprint density at radius 1 is 1.10 bits per heavy atom. The molecule has 10 nitrogen and oxygen atoms in total. The maximum Gasteiger partial charge on any atom is 0.323 e. The van der Waals surface area contributed by atoms with E-state index in [1.807, 2.05) is 4.90 Å². The average molecular weight is 437 g/mol. The first-order valence-electron chi connectivity index (χ1n) is 8.68. The fourth-order valence-corrected chi connectivity index (χ4v) is 4.99. The lowest BCUT2D eigenvalue weighted by molar-refractivity contribution is 0.1000. The predicted molar refractivity (Wildman–Crippen MR) is 108 cm³/mol. The van der Waals surface area contributed by atoms with Gasteiger partial charge in [-0.05, 0) is 24.3 Å². The lowest BCUT2D eigenvalue weighted by atomic mass is 10.2. The molecule has 3 aromatic rings. The van der Waals surface area contributed by atoms with Gasteiger partial charge in [0.1, 0.15) is 5.82 Å². The molecule has 4 N–H and O–H groups in total. The summed E-state index contributed by atoms with van der Waals surface area (Å²) in [4.78, 5) is 33.9. The second-order valence-corrected chi connectivity index (χ2v) is 8.92. The number of sulfonamides is 1. The zero-order chi connectivity index (χ0) is 20.8. The van der Waals surface area contributed by atoms with Crippen LogP contribution >= 0.6 is 11.6 Å². The van der Waals surface area contributed by atoms with E-state index in [0.29, 0.717) is 29.9 Å². The summed E-state index contributed by atoms with van der Waals surface area (Å²) in [5.41, 5.74) is 6.01. The molecule has 1 fully saturated rings. The molecule has 1 saturated heterocycles. The van der Waals surface area contributed by atoms with Gasteiger partial charge >= 0.3 is 5.69 Å². The van der Waals surface area contributed by atoms with Crippen molar-refractivity contribution >= 4 is 44.4 Å². The fraction of sp³-hybridized carbons (Fsp3) is 0.235. The van der Waals surface area contributed by atoms with Crippen molar-refractivity contribution in [2.75, 3.05) is 31.1 Å². The maximum atomic E-state index is 13.0. The average Bonchev–Trinajstić information content (AvgIpc) is 3.07. The molecular formula is C17H17ClN6O4S. The van der Waals surface area contributed by atoms with Crippen molar-refractivity contribution < 1.29 is 13.2 Å². The number of carbonyl (C=O) groups excluding carboxylic acids is 1. The molecule has 152 valence electrons. The van der Waals surface area contributed by atoms with E-state index < -0.39 is 21.6 Å². The highest BCUT2D eigenvalue weighted by atomic mass is 35.5. The minimum atomic E-state index is -3.72. The number of anilines is 1. The van der Waals surface area contributed by atoms with Crippen molar-refractivity contribution in [3.05, 3.63) is 51.5 Å². The molecule has 0 saturated carbocycles. The zero-order valence-electron chi connectivity index (χ0n) is 15.1. The highest BCUT2D eigenvalue weighted by Crippen LogP contribution is 2.27. The van der Waals surface area contributed by atoms with Crippen LogP contribution in [0.3, 0.4) is 0 Å². The third-order valence-corrected chi connectivity index (χ3v) is 6.94. The number of pyridine rings is 1. The Labute approximate surface area is 170 Å². The number of hydrogen-bond acceptors (Lipinski definition) is 6. The summed E-state index contributed by atoms with van der Waals surface area (Å²) in [6.45, 7) is 1.23. The molecule has 0 aliphatic carbocycles. The van der Waals surface area contributed by atoms with Crippen molar-refractivity contribution in [3.8, 4) is 0 Å². The van der Waals surface area contributed by atoms with Crippen LogP contribution in [0.5, 0.6) is 0 Å². The maximum absolute atomic E-state index is 13.0. The summed E-state index contributed by atoms with van der Waals surface area (Å²) in [5.74, 6) is -0.150. The molecule has 0 bridgehead atoms. The second-order valence-electron chi connectivity index (χ2n) is 6.57. The molecule has 1 aromatic carbocycles. The van der Waals surface area contributed by atoms with Crippen LogP contribution in [-0.4, -0.2) is 59.8 Å². The molecule has 29 heavy (non-hydrogen) atoms. The van der Waals surface area contributed by atoms with Gasteiger partial charge in [0.2, 0.25) is 15.9 Å². The number of fused-ring (bicyclic) bond motifs is 1. The van der Waals surface area contributed by atoms with E-state index in [-0.39, 0.29) is 28.6 Å². The molecule has 12 heteroatoms. The van der Waals surface area contributed by atoms with E-state index in [1.165, 1.54) is 28.7 Å². The number of rotatable bonds is 4. The van der Waals surface area contributed by atoms with E-state index in [0.717, 1.165) is 0 Å². The zero-order valence-corrected chi connectivity index (χ0v) is 16.6. The van der Waals surface area contributed by atoms with Gasteiger partial charge in [-0.25, -0.2) is 18.2 Å². The van der Waals surface area contributed by atoms with Crippen LogP contribution in [0.25, 0.3) is 11.0 Å². The molecular weight excluding hydrogens is 420 g/mol. The van der Waals surface area contributed by atoms with Gasteiger partial charge in [-0.2, -0.15) is 4.31 Å². The lowest BCUT2D eigenvalue weighted by Gasteiger charge is -2.35. The van der Waals surface area contributed by atoms with Gasteiger partial charge in [-0.3, -0.25) is 4.79 Å². The Bertz CT molecular complexity index is 1260. The summed E-state index contributed by atoms with van der Waals surface area (Å²) in [7, 11) is -3.72. The Morgan fingerprint density at radius 3 is 2.45 bits per heavy atom. The third-order valence-electron chi connectivity index (χ3n) is 4.77. The first-order valence-corrected chi connectivity index (χ1v) is 10.5. The summed E-state index contributed by atoms with van der Waals surface area (Å²) < 4.78 is 27.3. The topological polar surface area (TPSA) is 145 Å². The van der Waals surface area contributed by atoms with Gasteiger partial charge in [0.15, 0.2) is 0 Å². The van der Waals surface area contributed by atoms with E-state index in [2.05, 4.69) is 15.0 Å². The minimum Gasteiger partial charge on any atom is -0.366 e. The Balaban J connectivity index is 1.52. The molecule has 0 atom stereocenters. The molecule has 4 rings (SSSR count). The number of aromatic amines is 2. The summed E-state index contributed by atoms with van der Waals surface area (Å²) in [6, 6.07) is 5.91. The van der Waals surface area contributed by atoms with Crippen LogP contribution in [0.1, 0.15) is 10.4 Å². The monoisotopic (exact) mass is 436 g/mol. The van der Waals surface area contributed by atoms with Crippen LogP contribution < -0.4 is 16.3 Å². The number of primary amides is 1. The van der Waals surface area contributed by atoms with Crippen LogP contribution in [-0.2, 0) is 10.0 Å². The first kappa shape index (κ1) is 19.4. The van der Waals surface area contributed by atoms with Crippen molar-refractivity contribution in [2.24, 2.45) is 5.73 Å². The highest BCUT2D eigenvalue weighted by Gasteiger charge is 2.30. The van der Waals surface area contributed by atoms with Crippen molar-refractivity contribution in [3.63, 3.8) is 0 Å². The van der Waals surface area contributed by atoms with Crippen LogP contribution in [0.15, 0.2) is 40.2 Å². The number of nitrogens with two attached hydrogens (primary N) is 1. The quantitative estimate of drug-likeness (QED) is 0.543. The second kappa shape index (κ2) is 7.17. The van der Waals surface area contributed by atoms with E-state index in [1.54, 1.807) is 6.07 Å². The number of benzene rings is 1. The SMILES string of the molecule is NC(=O)c1cnc(N2CCN(S(=O)(=O)c3ccc4[nH]c(=O)[nH]c4c3)CC2)c(Cl)c1. The van der Waals surface area contributed by atoms with Crippen molar-refractivity contribution in [1.29, 1.82) is 0 Å². The standard InChI is InChI=1S/C17H17ClN6O4S/c18-12-7-10(15(19)25)9-20-16(12)23-3-5-24(6-4-23)29(27,28)11-1-2-13-14(8-11)22-17(26)21-13/h1-2,7-9H,3-6H2,(H2,19,25)(H2,21,22,26). The first-order chi connectivity index (χ1) is 13.8. The molecule has 1 aliphatic rings. The smallest absolute Gasteiger partial charge is 0.323 e. The van der Waals surface area contributed by atoms with Crippen molar-refractivity contribution in [1.82, 2.24) is 19.3 Å². The number of halogens is 1. The molecule has 0 spiro atoms. The van der Waals surface area contributed by atoms with Crippen LogP contribution in [0.2, 0.25) is 5.02 Å². The van der Waals surface area contributed by atoms with E-state index >= 15 is 0 Å². The van der Waals surface area contributed by atoms with E-state index in [4.69, 9.17) is 17.3 Å². The fourth-order valence-electron chi connectivity index (χ4n) is 3.26. The highest BCUT2D eigenvalue weighted by molar-refractivity contribution is 7.89. The third kappa shape index (κ3) is 3.59. The Hall–Kier alpha value is -2.89. The Kier molecular flexibility index (Phi) is 4.81. The van der Waals surface area contributed by atoms with Gasteiger partial charge in [-0.1, -0.05) is 11.6 Å². The predicted octanol–water partition coefficient (Wildman–Crippen LogP) is 0.514. The number of imidazole rings is 1. The number of hydrogen-bond donors (Lipinski definition) is 3. The number of nitrogens with one attached hydrogen (secondary N) is 2. The Morgan fingerprint density at radius 2 is 1.79 bits per heavy atom. The largest absolute Gasteiger partial charge is 0.366 e. The van der Waals surface area contributed by atoms with Gasteiger partial charge in [0.05, 0.1) is 26.5 Å². The van der Waals surface area contributed by atoms with Crippen LogP contribution in [0.4, 0.5) is 5.82 Å². The number of aromatic nitrogens is 3. The van der Waals surface area contributed by atoms with Gasteiger partial charge < -0.3 is 20.6 Å². The summed E-state index contributed by atoms with van der Waals surface area (Å²) in [5, 5.41) is 0.277. The summed E-state index contributed by atoms with van der Waals surface area (Å²) >= 11 is 6.21. The molecule has 0 radical (unpaired) electrons. The number of amides is 1. The van der Waals surface area contributed by atoms with Crippen LogP contribution in [0, 0.1) is 0 Å². The van der Waals surface area contributed by atoms with Gasteiger partial charge in [0, 0.05) is 32.4 Å². The molecule has 0 unspecified atom stereocenters.